The average molecular weight is 443 g/mol. The smallest absolute Gasteiger partial charge is 0.262 e. The highest BCUT2D eigenvalue weighted by molar-refractivity contribution is 7.80. The molecule has 0 radical (unpaired) electrons. The fourth-order valence-corrected chi connectivity index (χ4v) is 5.01. The third kappa shape index (κ3) is 6.96. The van der Waals surface area contributed by atoms with E-state index in [2.05, 4.69) is 31.4 Å². The van der Waals surface area contributed by atoms with Crippen molar-refractivity contribution in [3.05, 3.63) is 60.7 Å². The maximum Gasteiger partial charge on any atom is 0.262 e. The highest BCUT2D eigenvalue weighted by atomic mass is 32.1. The van der Waals surface area contributed by atoms with Crippen LogP contribution in [0, 0.1) is 10.8 Å². The second kappa shape index (κ2) is 9.75. The van der Waals surface area contributed by atoms with E-state index in [4.69, 9.17) is 33.9 Å². The van der Waals surface area contributed by atoms with Crippen molar-refractivity contribution in [3.8, 4) is 11.5 Å². The zero-order chi connectivity index (χ0) is 21.6. The summed E-state index contributed by atoms with van der Waals surface area (Å²) in [5.41, 5.74) is 0.225. The number of hydrogen-bond donors (Lipinski definition) is 2. The van der Waals surface area contributed by atoms with Gasteiger partial charge < -0.3 is 20.1 Å². The summed E-state index contributed by atoms with van der Waals surface area (Å²) in [4.78, 5) is 0. The third-order valence-corrected chi connectivity index (χ3v) is 5.76. The number of nitrogens with one attached hydrogen (secondary N) is 2. The summed E-state index contributed by atoms with van der Waals surface area (Å²) in [6.45, 7) is 7.65. The molecule has 1 aliphatic carbocycles. The fourth-order valence-electron chi connectivity index (χ4n) is 4.58. The Balaban J connectivity index is 1.56. The SMILES string of the molecule is CC1(C)CC(NC(=S)Oc2ccccc2)CC(C)(CNC(=S)Oc2ccccc2)C1. The van der Waals surface area contributed by atoms with E-state index < -0.39 is 0 Å². The molecule has 0 amide bonds. The van der Waals surface area contributed by atoms with Crippen molar-refractivity contribution in [3.63, 3.8) is 0 Å². The summed E-state index contributed by atoms with van der Waals surface area (Å²) < 4.78 is 11.5. The standard InChI is InChI=1S/C24H30N2O2S2/c1-23(2)14-18(26-22(30)28-20-12-8-5-9-13-20)15-24(3,16-23)17-25-21(29)27-19-10-6-4-7-11-19/h4-13,18H,14-17H2,1-3H3,(H,25,29)(H,26,30). The fraction of sp³-hybridized carbons (Fsp3) is 0.417. The number of benzene rings is 2. The lowest BCUT2D eigenvalue weighted by atomic mass is 9.62. The molecule has 3 rings (SSSR count). The van der Waals surface area contributed by atoms with Crippen LogP contribution in [0.5, 0.6) is 11.5 Å². The van der Waals surface area contributed by atoms with E-state index >= 15 is 0 Å². The number of para-hydroxylation sites is 2. The Kier molecular flexibility index (Phi) is 7.32. The average Bonchev–Trinajstić information content (AvgIpc) is 2.66. The van der Waals surface area contributed by atoms with Gasteiger partial charge in [-0.2, -0.15) is 0 Å². The molecule has 2 N–H and O–H groups in total. The van der Waals surface area contributed by atoms with Gasteiger partial charge in [-0.05, 0) is 78.8 Å². The van der Waals surface area contributed by atoms with Crippen molar-refractivity contribution in [2.75, 3.05) is 6.54 Å². The van der Waals surface area contributed by atoms with E-state index in [1.165, 1.54) is 0 Å². The van der Waals surface area contributed by atoms with E-state index in [-0.39, 0.29) is 16.9 Å². The van der Waals surface area contributed by atoms with Gasteiger partial charge in [0.1, 0.15) is 11.5 Å². The molecule has 0 saturated heterocycles. The van der Waals surface area contributed by atoms with E-state index in [9.17, 15) is 0 Å². The van der Waals surface area contributed by atoms with Crippen LogP contribution < -0.4 is 20.1 Å². The first-order valence-electron chi connectivity index (χ1n) is 10.3. The molecule has 4 nitrogen and oxygen atoms in total. The van der Waals surface area contributed by atoms with Crippen LogP contribution in [0.1, 0.15) is 40.0 Å². The van der Waals surface area contributed by atoms with Crippen molar-refractivity contribution in [1.29, 1.82) is 0 Å². The maximum atomic E-state index is 5.78. The monoisotopic (exact) mass is 442 g/mol. The van der Waals surface area contributed by atoms with Gasteiger partial charge in [0.2, 0.25) is 0 Å². The second-order valence-corrected chi connectivity index (χ2v) is 9.90. The molecule has 0 bridgehead atoms. The molecule has 1 aliphatic rings. The molecule has 2 aromatic carbocycles. The van der Waals surface area contributed by atoms with Crippen LogP contribution in [0.3, 0.4) is 0 Å². The van der Waals surface area contributed by atoms with E-state index in [1.54, 1.807) is 0 Å². The first-order chi connectivity index (χ1) is 14.2. The zero-order valence-corrected chi connectivity index (χ0v) is 19.4. The topological polar surface area (TPSA) is 42.5 Å². The molecule has 1 saturated carbocycles. The molecule has 160 valence electrons. The maximum absolute atomic E-state index is 5.78. The van der Waals surface area contributed by atoms with Gasteiger partial charge >= 0.3 is 0 Å². The predicted octanol–water partition coefficient (Wildman–Crippen LogP) is 5.48. The van der Waals surface area contributed by atoms with Crippen molar-refractivity contribution in [1.82, 2.24) is 10.6 Å². The van der Waals surface area contributed by atoms with Crippen LogP contribution in [0.2, 0.25) is 0 Å². The largest absolute Gasteiger partial charge is 0.432 e. The van der Waals surface area contributed by atoms with Gasteiger partial charge in [0.25, 0.3) is 10.3 Å². The molecule has 0 heterocycles. The predicted molar refractivity (Wildman–Crippen MR) is 130 cm³/mol. The minimum absolute atomic E-state index is 0.0475. The molecule has 2 unspecified atom stereocenters. The lowest BCUT2D eigenvalue weighted by Crippen LogP contribution is -2.51. The van der Waals surface area contributed by atoms with E-state index in [0.29, 0.717) is 10.3 Å². The highest BCUT2D eigenvalue weighted by Crippen LogP contribution is 2.45. The quantitative estimate of drug-likeness (QED) is 0.598. The second-order valence-electron chi connectivity index (χ2n) is 9.16. The zero-order valence-electron chi connectivity index (χ0n) is 17.8. The lowest BCUT2D eigenvalue weighted by Gasteiger charge is -2.47. The van der Waals surface area contributed by atoms with Crippen molar-refractivity contribution in [2.45, 2.75) is 46.1 Å². The molecule has 6 heteroatoms. The molecule has 0 aliphatic heterocycles. The van der Waals surface area contributed by atoms with Gasteiger partial charge in [-0.25, -0.2) is 0 Å². The molecular weight excluding hydrogens is 412 g/mol. The Labute approximate surface area is 190 Å². The minimum Gasteiger partial charge on any atom is -0.432 e. The Hall–Kier alpha value is -2.18. The molecule has 0 aromatic heterocycles. The van der Waals surface area contributed by atoms with Crippen LogP contribution in [0.4, 0.5) is 0 Å². The Morgan fingerprint density at radius 3 is 1.97 bits per heavy atom. The lowest BCUT2D eigenvalue weighted by molar-refractivity contribution is 0.0787. The van der Waals surface area contributed by atoms with Crippen LogP contribution in [0.15, 0.2) is 60.7 Å². The van der Waals surface area contributed by atoms with Crippen LogP contribution in [-0.4, -0.2) is 22.9 Å². The number of ether oxygens (including phenoxy) is 2. The first-order valence-corrected chi connectivity index (χ1v) is 11.1. The van der Waals surface area contributed by atoms with Crippen LogP contribution in [-0.2, 0) is 0 Å². The Morgan fingerprint density at radius 1 is 0.867 bits per heavy atom. The minimum atomic E-state index is 0.0475. The van der Waals surface area contributed by atoms with E-state index in [0.717, 1.165) is 37.3 Å². The first kappa shape index (κ1) is 22.5. The molecule has 2 aromatic rings. The molecule has 0 spiro atoms. The molecular formula is C24H30N2O2S2. The number of thiocarbonyl (C=S) groups is 2. The summed E-state index contributed by atoms with van der Waals surface area (Å²) in [5, 5.41) is 7.55. The summed E-state index contributed by atoms with van der Waals surface area (Å²) in [6.07, 6.45) is 3.09. The summed E-state index contributed by atoms with van der Waals surface area (Å²) in [5.74, 6) is 1.49. The van der Waals surface area contributed by atoms with Crippen LogP contribution in [0.25, 0.3) is 0 Å². The van der Waals surface area contributed by atoms with Crippen LogP contribution >= 0.6 is 24.4 Å². The third-order valence-electron chi connectivity index (χ3n) is 5.33. The van der Waals surface area contributed by atoms with Gasteiger partial charge in [0.15, 0.2) is 0 Å². The van der Waals surface area contributed by atoms with Gasteiger partial charge in [0.05, 0.1) is 0 Å². The van der Waals surface area contributed by atoms with Gasteiger partial charge in [-0.3, -0.25) is 0 Å². The van der Waals surface area contributed by atoms with Gasteiger partial charge in [-0.1, -0.05) is 57.2 Å². The Bertz CT molecular complexity index is 858. The summed E-state index contributed by atoms with van der Waals surface area (Å²) in [6, 6.07) is 19.5. The van der Waals surface area contributed by atoms with Gasteiger partial charge in [-0.15, -0.1) is 0 Å². The molecule has 1 fully saturated rings. The summed E-state index contributed by atoms with van der Waals surface area (Å²) in [7, 11) is 0. The molecule has 30 heavy (non-hydrogen) atoms. The number of hydrogen-bond acceptors (Lipinski definition) is 4. The summed E-state index contributed by atoms with van der Waals surface area (Å²) >= 11 is 10.9. The van der Waals surface area contributed by atoms with Crippen molar-refractivity contribution >= 4 is 34.8 Å². The highest BCUT2D eigenvalue weighted by Gasteiger charge is 2.41. The molecule has 2 atom stereocenters. The van der Waals surface area contributed by atoms with E-state index in [1.807, 2.05) is 60.7 Å². The normalized spacial score (nSPS) is 22.6. The number of rotatable bonds is 5. The van der Waals surface area contributed by atoms with Crippen molar-refractivity contribution in [2.24, 2.45) is 10.8 Å². The Morgan fingerprint density at radius 2 is 1.40 bits per heavy atom. The van der Waals surface area contributed by atoms with Gasteiger partial charge in [0, 0.05) is 12.6 Å². The van der Waals surface area contributed by atoms with Crippen molar-refractivity contribution < 1.29 is 9.47 Å².